The van der Waals surface area contributed by atoms with Crippen LogP contribution in [-0.4, -0.2) is 46.8 Å². The van der Waals surface area contributed by atoms with Gasteiger partial charge in [-0.05, 0) is 33.3 Å². The SMILES string of the molecule is CC(C(=O)O)N(Cc1ccccc1)C(=O)CS(=O)(=O)C(C)(C)C. The molecule has 1 amide bonds. The number of nitrogens with zero attached hydrogens (tertiary/aromatic N) is 1. The predicted octanol–water partition coefficient (Wildman–Crippen LogP) is 1.70. The molecule has 0 spiro atoms. The molecule has 1 atom stereocenters. The minimum absolute atomic E-state index is 0.0484. The topological polar surface area (TPSA) is 91.8 Å². The van der Waals surface area contributed by atoms with Gasteiger partial charge in [0.1, 0.15) is 11.8 Å². The molecular weight excluding hydrogens is 318 g/mol. The largest absolute Gasteiger partial charge is 0.480 e. The molecule has 1 aromatic rings. The summed E-state index contributed by atoms with van der Waals surface area (Å²) < 4.78 is 23.4. The van der Waals surface area contributed by atoms with Crippen LogP contribution in [0.2, 0.25) is 0 Å². The molecular formula is C16H23NO5S. The van der Waals surface area contributed by atoms with Gasteiger partial charge < -0.3 is 10.0 Å². The maximum atomic E-state index is 12.4. The summed E-state index contributed by atoms with van der Waals surface area (Å²) in [5.74, 6) is -2.60. The lowest BCUT2D eigenvalue weighted by molar-refractivity contribution is -0.149. The Kier molecular flexibility index (Phi) is 5.93. The molecule has 0 radical (unpaired) electrons. The number of carbonyl (C=O) groups excluding carboxylic acids is 1. The summed E-state index contributed by atoms with van der Waals surface area (Å²) in [5, 5.41) is 9.19. The van der Waals surface area contributed by atoms with Crippen molar-refractivity contribution in [2.45, 2.75) is 45.0 Å². The van der Waals surface area contributed by atoms with Crippen LogP contribution in [-0.2, 0) is 26.0 Å². The fourth-order valence-electron chi connectivity index (χ4n) is 1.82. The molecule has 0 saturated carbocycles. The Labute approximate surface area is 137 Å². The fourth-order valence-corrected chi connectivity index (χ4v) is 2.74. The molecule has 0 bridgehead atoms. The second-order valence-electron chi connectivity index (χ2n) is 6.39. The molecule has 23 heavy (non-hydrogen) atoms. The van der Waals surface area contributed by atoms with Gasteiger partial charge in [0.2, 0.25) is 5.91 Å². The number of amides is 1. The summed E-state index contributed by atoms with van der Waals surface area (Å²) in [6.07, 6.45) is 0. The molecule has 0 saturated heterocycles. The van der Waals surface area contributed by atoms with E-state index in [1.807, 2.05) is 0 Å². The number of benzene rings is 1. The molecule has 0 aliphatic heterocycles. The summed E-state index contributed by atoms with van der Waals surface area (Å²) in [7, 11) is -3.68. The third-order valence-electron chi connectivity index (χ3n) is 3.59. The molecule has 0 aliphatic carbocycles. The number of hydrogen-bond acceptors (Lipinski definition) is 4. The Morgan fingerprint density at radius 1 is 1.17 bits per heavy atom. The van der Waals surface area contributed by atoms with Gasteiger partial charge in [-0.3, -0.25) is 4.79 Å². The minimum atomic E-state index is -3.68. The number of aliphatic carboxylic acids is 1. The van der Waals surface area contributed by atoms with Gasteiger partial charge in [-0.15, -0.1) is 0 Å². The third-order valence-corrected chi connectivity index (χ3v) is 6.08. The third kappa shape index (κ3) is 5.06. The van der Waals surface area contributed by atoms with Crippen molar-refractivity contribution in [3.8, 4) is 0 Å². The highest BCUT2D eigenvalue weighted by Gasteiger charge is 2.35. The first-order valence-electron chi connectivity index (χ1n) is 7.24. The van der Waals surface area contributed by atoms with Crippen LogP contribution in [0.3, 0.4) is 0 Å². The summed E-state index contributed by atoms with van der Waals surface area (Å²) in [6.45, 7) is 5.95. The van der Waals surface area contributed by atoms with Crippen molar-refractivity contribution in [3.05, 3.63) is 35.9 Å². The van der Waals surface area contributed by atoms with Gasteiger partial charge in [0.25, 0.3) is 0 Å². The Balaban J connectivity index is 3.05. The van der Waals surface area contributed by atoms with Crippen LogP contribution in [0, 0.1) is 0 Å². The molecule has 7 heteroatoms. The van der Waals surface area contributed by atoms with E-state index < -0.39 is 38.3 Å². The lowest BCUT2D eigenvalue weighted by Gasteiger charge is -2.28. The standard InChI is InChI=1S/C16H23NO5S/c1-12(15(19)20)17(10-13-8-6-5-7-9-13)14(18)11-23(21,22)16(2,3)4/h5-9,12H,10-11H2,1-4H3,(H,19,20). The highest BCUT2D eigenvalue weighted by Crippen LogP contribution is 2.18. The van der Waals surface area contributed by atoms with Crippen molar-refractivity contribution in [1.82, 2.24) is 4.90 Å². The lowest BCUT2D eigenvalue weighted by Crippen LogP contribution is -2.47. The lowest BCUT2D eigenvalue weighted by atomic mass is 10.2. The molecule has 0 heterocycles. The van der Waals surface area contributed by atoms with E-state index in [1.165, 1.54) is 27.7 Å². The zero-order valence-corrected chi connectivity index (χ0v) is 14.6. The Bertz CT molecular complexity index is 661. The van der Waals surface area contributed by atoms with Crippen LogP contribution in [0.15, 0.2) is 30.3 Å². The number of hydrogen-bond donors (Lipinski definition) is 1. The smallest absolute Gasteiger partial charge is 0.326 e. The Morgan fingerprint density at radius 3 is 2.13 bits per heavy atom. The molecule has 1 unspecified atom stereocenters. The molecule has 0 aromatic heterocycles. The number of carboxylic acids is 1. The highest BCUT2D eigenvalue weighted by atomic mass is 32.2. The number of carboxylic acid groups (broad SMARTS) is 1. The van der Waals surface area contributed by atoms with Gasteiger partial charge in [-0.2, -0.15) is 0 Å². The molecule has 1 rings (SSSR count). The summed E-state index contributed by atoms with van der Waals surface area (Å²) in [6, 6.07) is 7.75. The van der Waals surface area contributed by atoms with E-state index in [2.05, 4.69) is 0 Å². The minimum Gasteiger partial charge on any atom is -0.480 e. The zero-order valence-electron chi connectivity index (χ0n) is 13.8. The summed E-state index contributed by atoms with van der Waals surface area (Å²) in [4.78, 5) is 24.8. The van der Waals surface area contributed by atoms with Crippen molar-refractivity contribution in [3.63, 3.8) is 0 Å². The second-order valence-corrected chi connectivity index (χ2v) is 9.14. The average molecular weight is 341 g/mol. The van der Waals surface area contributed by atoms with Crippen molar-refractivity contribution >= 4 is 21.7 Å². The Hall–Kier alpha value is -1.89. The van der Waals surface area contributed by atoms with E-state index in [-0.39, 0.29) is 6.54 Å². The van der Waals surface area contributed by atoms with Crippen LogP contribution in [0.25, 0.3) is 0 Å². The zero-order chi connectivity index (χ0) is 17.8. The molecule has 1 N–H and O–H groups in total. The van der Waals surface area contributed by atoms with Gasteiger partial charge in [0, 0.05) is 6.54 Å². The Morgan fingerprint density at radius 2 is 1.70 bits per heavy atom. The van der Waals surface area contributed by atoms with Crippen molar-refractivity contribution in [1.29, 1.82) is 0 Å². The number of sulfone groups is 1. The van der Waals surface area contributed by atoms with Crippen LogP contribution >= 0.6 is 0 Å². The highest BCUT2D eigenvalue weighted by molar-refractivity contribution is 7.93. The monoisotopic (exact) mass is 341 g/mol. The first-order valence-corrected chi connectivity index (χ1v) is 8.89. The van der Waals surface area contributed by atoms with Crippen molar-refractivity contribution < 1.29 is 23.1 Å². The number of rotatable bonds is 6. The van der Waals surface area contributed by atoms with E-state index in [9.17, 15) is 23.1 Å². The number of carbonyl (C=O) groups is 2. The van der Waals surface area contributed by atoms with Gasteiger partial charge in [-0.25, -0.2) is 13.2 Å². The molecule has 0 aliphatic rings. The first kappa shape index (κ1) is 19.2. The summed E-state index contributed by atoms with van der Waals surface area (Å²) in [5.41, 5.74) is 0.738. The van der Waals surface area contributed by atoms with E-state index in [0.29, 0.717) is 0 Å². The molecule has 6 nitrogen and oxygen atoms in total. The van der Waals surface area contributed by atoms with E-state index in [1.54, 1.807) is 30.3 Å². The van der Waals surface area contributed by atoms with Gasteiger partial charge in [0.05, 0.1) is 4.75 Å². The van der Waals surface area contributed by atoms with Crippen LogP contribution in [0.1, 0.15) is 33.3 Å². The van der Waals surface area contributed by atoms with E-state index >= 15 is 0 Å². The normalized spacial score (nSPS) is 13.4. The maximum Gasteiger partial charge on any atom is 0.326 e. The summed E-state index contributed by atoms with van der Waals surface area (Å²) >= 11 is 0. The fraction of sp³-hybridized carbons (Fsp3) is 0.500. The molecule has 1 aromatic carbocycles. The van der Waals surface area contributed by atoms with Crippen LogP contribution in [0.4, 0.5) is 0 Å². The molecule has 128 valence electrons. The average Bonchev–Trinajstić information content (AvgIpc) is 2.43. The van der Waals surface area contributed by atoms with Crippen molar-refractivity contribution in [2.75, 3.05) is 5.75 Å². The van der Waals surface area contributed by atoms with Gasteiger partial charge >= 0.3 is 5.97 Å². The van der Waals surface area contributed by atoms with E-state index in [4.69, 9.17) is 0 Å². The van der Waals surface area contributed by atoms with Gasteiger partial charge in [0.15, 0.2) is 9.84 Å². The van der Waals surface area contributed by atoms with Crippen LogP contribution in [0.5, 0.6) is 0 Å². The second kappa shape index (κ2) is 7.12. The maximum absolute atomic E-state index is 12.4. The first-order chi connectivity index (χ1) is 10.5. The quantitative estimate of drug-likeness (QED) is 0.850. The predicted molar refractivity (Wildman–Crippen MR) is 87.6 cm³/mol. The van der Waals surface area contributed by atoms with E-state index in [0.717, 1.165) is 10.5 Å². The van der Waals surface area contributed by atoms with Gasteiger partial charge in [-0.1, -0.05) is 30.3 Å². The molecule has 0 fully saturated rings. The van der Waals surface area contributed by atoms with Crippen molar-refractivity contribution in [2.24, 2.45) is 0 Å². The van der Waals surface area contributed by atoms with Crippen LogP contribution < -0.4 is 0 Å².